The molecule has 3 aliphatic rings. The lowest BCUT2D eigenvalue weighted by atomic mass is 9.57. The molecule has 2 fully saturated rings. The van der Waals surface area contributed by atoms with Gasteiger partial charge < -0.3 is 15.4 Å². The predicted octanol–water partition coefficient (Wildman–Crippen LogP) is 5.47. The number of alkyl halides is 3. The van der Waals surface area contributed by atoms with Gasteiger partial charge in [0.25, 0.3) is 0 Å². The van der Waals surface area contributed by atoms with Crippen LogP contribution in [-0.4, -0.2) is 35.4 Å². The van der Waals surface area contributed by atoms with Gasteiger partial charge in [0.1, 0.15) is 5.82 Å². The number of nitrogens with two attached hydrogens (primary N) is 1. The zero-order chi connectivity index (χ0) is 26.2. The van der Waals surface area contributed by atoms with Crippen LogP contribution in [0.25, 0.3) is 11.1 Å². The third kappa shape index (κ3) is 4.17. The van der Waals surface area contributed by atoms with E-state index >= 15 is 0 Å². The van der Waals surface area contributed by atoms with E-state index in [1.807, 2.05) is 6.07 Å². The van der Waals surface area contributed by atoms with Crippen LogP contribution in [-0.2, 0) is 0 Å². The van der Waals surface area contributed by atoms with Crippen LogP contribution in [0.15, 0.2) is 54.6 Å². The number of carbonyl (C=O) groups is 2. The minimum absolute atomic E-state index is 0.102. The second-order valence-electron chi connectivity index (χ2n) is 9.75. The number of hydrogen-bond donors (Lipinski definition) is 1. The summed E-state index contributed by atoms with van der Waals surface area (Å²) in [5, 5.41) is 0.443. The summed E-state index contributed by atoms with van der Waals surface area (Å²) < 4.78 is 12.9. The molecule has 6 rings (SSSR count). The lowest BCUT2D eigenvalue weighted by molar-refractivity contribution is 0.0994. The van der Waals surface area contributed by atoms with E-state index in [0.717, 1.165) is 24.3 Å². The van der Waals surface area contributed by atoms with E-state index in [1.54, 1.807) is 36.4 Å². The Morgan fingerprint density at radius 3 is 2.43 bits per heavy atom. The Bertz CT molecular complexity index is 1470. The molecule has 5 nitrogen and oxygen atoms in total. The molecule has 2 unspecified atom stereocenters. The lowest BCUT2D eigenvalue weighted by Crippen LogP contribution is -2.53. The van der Waals surface area contributed by atoms with Gasteiger partial charge in [-0.3, -0.25) is 9.59 Å². The Morgan fingerprint density at radius 1 is 1.03 bits per heavy atom. The molecule has 2 aliphatic heterocycles. The predicted molar refractivity (Wildman–Crippen MR) is 148 cm³/mol. The van der Waals surface area contributed by atoms with E-state index < -0.39 is 28.2 Å². The largest absolute Gasteiger partial charge is 0.369 e. The van der Waals surface area contributed by atoms with Crippen LogP contribution in [0, 0.1) is 17.7 Å². The van der Waals surface area contributed by atoms with Gasteiger partial charge >= 0.3 is 6.85 Å². The molecular weight excluding hydrogens is 558 g/mol. The highest BCUT2D eigenvalue weighted by Crippen LogP contribution is 2.50. The van der Waals surface area contributed by atoms with E-state index in [4.69, 9.17) is 52.1 Å². The number of hydrogen-bond acceptors (Lipinski definition) is 3. The third-order valence-electron chi connectivity index (χ3n) is 7.46. The molecule has 0 bridgehead atoms. The van der Waals surface area contributed by atoms with Crippen molar-refractivity contribution in [3.8, 4) is 11.1 Å². The van der Waals surface area contributed by atoms with Gasteiger partial charge in [-0.2, -0.15) is 0 Å². The standard InChI is InChI=1S/C26H19BCl4FN3O2/c28-19-6-4-14(24(33)36)9-17(19)13-5-7-21(22(10-13)34-11-15-8-16(15)12-34)35-25(37)23-18(2-1-3-20(23)32)27(35)26(29,30)31/h1-7,9-10,15-16H,8,11-12H2,(H2,33,36). The number of amides is 2. The van der Waals surface area contributed by atoms with Crippen LogP contribution in [0.2, 0.25) is 5.02 Å². The number of fused-ring (bicyclic) bond motifs is 2. The van der Waals surface area contributed by atoms with Crippen molar-refractivity contribution in [2.75, 3.05) is 22.8 Å². The molecule has 2 atom stereocenters. The van der Waals surface area contributed by atoms with Crippen molar-refractivity contribution in [1.29, 1.82) is 0 Å². The van der Waals surface area contributed by atoms with Gasteiger partial charge in [-0.25, -0.2) is 4.39 Å². The second-order valence-corrected chi connectivity index (χ2v) is 12.5. The Balaban J connectivity index is 1.53. The number of anilines is 2. The van der Waals surface area contributed by atoms with Crippen LogP contribution in [0.3, 0.4) is 0 Å². The van der Waals surface area contributed by atoms with Crippen molar-refractivity contribution in [3.63, 3.8) is 0 Å². The second kappa shape index (κ2) is 8.80. The number of benzene rings is 3. The molecule has 0 spiro atoms. The molecule has 2 heterocycles. The number of halogens is 5. The quantitative estimate of drug-likeness (QED) is 0.331. The van der Waals surface area contributed by atoms with Crippen LogP contribution in [0.4, 0.5) is 15.8 Å². The summed E-state index contributed by atoms with van der Waals surface area (Å²) in [6, 6.07) is 14.6. The molecular formula is C26H19BCl4FN3O2. The number of rotatable bonds is 4. The van der Waals surface area contributed by atoms with Gasteiger partial charge in [0.05, 0.1) is 16.9 Å². The molecule has 1 aliphatic carbocycles. The summed E-state index contributed by atoms with van der Waals surface area (Å²) >= 11 is 25.7. The fourth-order valence-corrected chi connectivity index (χ4v) is 6.46. The SMILES string of the molecule is NC(=O)c1ccc(Cl)c(-c2ccc(N3B(C(Cl)(Cl)Cl)c4cccc(F)c4C3=O)c(N3CC4CC4C3)c2)c1. The summed E-state index contributed by atoms with van der Waals surface area (Å²) in [4.78, 5) is 29.0. The van der Waals surface area contributed by atoms with Crippen LogP contribution in [0.5, 0.6) is 0 Å². The zero-order valence-corrected chi connectivity index (χ0v) is 22.3. The highest BCUT2D eigenvalue weighted by atomic mass is 35.6. The minimum atomic E-state index is -1.92. The van der Waals surface area contributed by atoms with E-state index in [9.17, 15) is 14.0 Å². The van der Waals surface area contributed by atoms with E-state index in [-0.39, 0.29) is 5.56 Å². The van der Waals surface area contributed by atoms with Crippen molar-refractivity contribution in [2.45, 2.75) is 10.1 Å². The van der Waals surface area contributed by atoms with Crippen molar-refractivity contribution >= 4 is 81.9 Å². The first-order valence-corrected chi connectivity index (χ1v) is 13.2. The topological polar surface area (TPSA) is 66.6 Å². The Hall–Kier alpha value is -2.45. The first kappa shape index (κ1) is 24.9. The van der Waals surface area contributed by atoms with Crippen LogP contribution in [0.1, 0.15) is 27.1 Å². The average Bonchev–Trinajstić information content (AvgIpc) is 3.31. The normalized spacial score (nSPS) is 20.4. The highest BCUT2D eigenvalue weighted by molar-refractivity contribution is 7.05. The molecule has 3 aromatic carbocycles. The molecule has 0 radical (unpaired) electrons. The van der Waals surface area contributed by atoms with Crippen molar-refractivity contribution in [1.82, 2.24) is 0 Å². The van der Waals surface area contributed by atoms with Crippen LogP contribution < -0.4 is 20.9 Å². The molecule has 1 saturated carbocycles. The third-order valence-corrected chi connectivity index (χ3v) is 8.41. The first-order valence-electron chi connectivity index (χ1n) is 11.7. The Morgan fingerprint density at radius 2 is 1.76 bits per heavy atom. The lowest BCUT2D eigenvalue weighted by Gasteiger charge is -2.33. The van der Waals surface area contributed by atoms with Crippen molar-refractivity contribution in [3.05, 3.63) is 76.6 Å². The van der Waals surface area contributed by atoms with Gasteiger partial charge in [-0.1, -0.05) is 64.6 Å². The van der Waals surface area contributed by atoms with E-state index in [0.29, 0.717) is 39.1 Å². The Labute approximate surface area is 233 Å². The summed E-state index contributed by atoms with van der Waals surface area (Å²) in [6.07, 6.45) is 1.17. The molecule has 2 amide bonds. The maximum absolute atomic E-state index is 14.8. The summed E-state index contributed by atoms with van der Waals surface area (Å²) in [6.45, 7) is 0.606. The van der Waals surface area contributed by atoms with Crippen LogP contribution >= 0.6 is 46.4 Å². The van der Waals surface area contributed by atoms with Gasteiger partial charge in [0.15, 0.2) is 3.69 Å². The number of piperidine rings is 1. The van der Waals surface area contributed by atoms with Crippen molar-refractivity contribution in [2.24, 2.45) is 17.6 Å². The van der Waals surface area contributed by atoms with Gasteiger partial charge in [-0.05, 0) is 65.7 Å². The smallest absolute Gasteiger partial charge is 0.356 e. The summed E-state index contributed by atoms with van der Waals surface area (Å²) in [5.41, 5.74) is 8.63. The average molecular weight is 577 g/mol. The summed E-state index contributed by atoms with van der Waals surface area (Å²) in [7, 11) is 0. The first-order chi connectivity index (χ1) is 17.5. The molecule has 37 heavy (non-hydrogen) atoms. The maximum atomic E-state index is 14.8. The summed E-state index contributed by atoms with van der Waals surface area (Å²) in [5.74, 6) is -0.629. The van der Waals surface area contributed by atoms with Crippen molar-refractivity contribution < 1.29 is 14.0 Å². The molecule has 188 valence electrons. The zero-order valence-electron chi connectivity index (χ0n) is 19.2. The highest BCUT2D eigenvalue weighted by Gasteiger charge is 2.54. The van der Waals surface area contributed by atoms with E-state index in [2.05, 4.69) is 4.90 Å². The number of carbonyl (C=O) groups excluding carboxylic acids is 2. The van der Waals surface area contributed by atoms with E-state index in [1.165, 1.54) is 23.4 Å². The number of nitrogens with zero attached hydrogens (tertiary/aromatic N) is 2. The molecule has 2 N–H and O–H groups in total. The van der Waals surface area contributed by atoms with Gasteiger partial charge in [0, 0.05) is 29.2 Å². The fraction of sp³-hybridized carbons (Fsp3) is 0.231. The maximum Gasteiger partial charge on any atom is 0.356 e. The van der Waals surface area contributed by atoms with Gasteiger partial charge in [-0.15, -0.1) is 0 Å². The molecule has 3 aromatic rings. The Kier molecular flexibility index (Phi) is 5.92. The molecule has 11 heteroatoms. The molecule has 1 saturated heterocycles. The monoisotopic (exact) mass is 575 g/mol. The van der Waals surface area contributed by atoms with Gasteiger partial charge in [0.2, 0.25) is 11.8 Å². The molecule has 0 aromatic heterocycles. The number of primary amides is 1. The minimum Gasteiger partial charge on any atom is -0.369 e. The fourth-order valence-electron chi connectivity index (χ4n) is 5.58.